The lowest BCUT2D eigenvalue weighted by Crippen LogP contribution is -2.37. The van der Waals surface area contributed by atoms with E-state index in [0.29, 0.717) is 5.69 Å². The number of halogens is 3. The van der Waals surface area contributed by atoms with Crippen LogP contribution in [0.4, 0.5) is 18.9 Å². The van der Waals surface area contributed by atoms with E-state index in [2.05, 4.69) is 14.8 Å². The molecule has 0 radical (unpaired) electrons. The van der Waals surface area contributed by atoms with Crippen molar-refractivity contribution in [3.63, 3.8) is 0 Å². The van der Waals surface area contributed by atoms with Crippen molar-refractivity contribution in [3.05, 3.63) is 53.6 Å². The molecule has 2 aromatic rings. The van der Waals surface area contributed by atoms with E-state index in [0.717, 1.165) is 35.4 Å². The molecular weight excluding hydrogens is 463 g/mol. The lowest BCUT2D eigenvalue weighted by molar-refractivity contribution is -0.274. The van der Waals surface area contributed by atoms with Gasteiger partial charge in [0.05, 0.1) is 11.4 Å². The summed E-state index contributed by atoms with van der Waals surface area (Å²) >= 11 is 0. The summed E-state index contributed by atoms with van der Waals surface area (Å²) in [6.07, 6.45) is -5.11. The number of sulfonamides is 1. The molecule has 0 heterocycles. The van der Waals surface area contributed by atoms with Crippen molar-refractivity contribution in [2.45, 2.75) is 31.5 Å². The molecule has 12 heteroatoms. The van der Waals surface area contributed by atoms with E-state index < -0.39 is 33.9 Å². The molecule has 0 saturated carbocycles. The zero-order chi connectivity index (χ0) is 24.8. The highest BCUT2D eigenvalue weighted by atomic mass is 32.2. The Labute approximate surface area is 189 Å². The van der Waals surface area contributed by atoms with Crippen LogP contribution in [0, 0.1) is 13.8 Å². The highest BCUT2D eigenvalue weighted by Gasteiger charge is 2.31. The molecule has 0 aliphatic heterocycles. The van der Waals surface area contributed by atoms with Gasteiger partial charge in [0.15, 0.2) is 0 Å². The number of benzene rings is 2. The maximum absolute atomic E-state index is 12.3. The Morgan fingerprint density at radius 1 is 1.03 bits per heavy atom. The van der Waals surface area contributed by atoms with Gasteiger partial charge in [-0.25, -0.2) is 13.1 Å². The normalized spacial score (nSPS) is 11.7. The topological polar surface area (TPSA) is 105 Å². The predicted molar refractivity (Wildman–Crippen MR) is 115 cm³/mol. The Balaban J connectivity index is 1.85. The van der Waals surface area contributed by atoms with E-state index in [4.69, 9.17) is 0 Å². The van der Waals surface area contributed by atoms with Crippen LogP contribution in [0.25, 0.3) is 0 Å². The highest BCUT2D eigenvalue weighted by molar-refractivity contribution is 7.89. The van der Waals surface area contributed by atoms with Crippen LogP contribution in [0.1, 0.15) is 17.5 Å². The standard InChI is InChI=1S/C21H24F3N3O5S/c1-14-5-4-6-15(2)20(14)26-18(28)13-27(3)19(29)11-12-25-33(30,31)17-9-7-16(8-10-17)32-21(22,23)24/h4-10,25H,11-13H2,1-3H3,(H,26,28). The second kappa shape index (κ2) is 10.7. The van der Waals surface area contributed by atoms with Crippen molar-refractivity contribution >= 4 is 27.5 Å². The van der Waals surface area contributed by atoms with Crippen LogP contribution >= 0.6 is 0 Å². The van der Waals surface area contributed by atoms with E-state index in [1.165, 1.54) is 11.9 Å². The smallest absolute Gasteiger partial charge is 0.406 e. The fourth-order valence-electron chi connectivity index (χ4n) is 2.88. The maximum atomic E-state index is 12.3. The zero-order valence-corrected chi connectivity index (χ0v) is 19.0. The molecule has 8 nitrogen and oxygen atoms in total. The van der Waals surface area contributed by atoms with E-state index in [1.54, 1.807) is 0 Å². The number of hydrogen-bond donors (Lipinski definition) is 2. The first-order valence-corrected chi connectivity index (χ1v) is 11.2. The Hall–Kier alpha value is -3.12. The summed E-state index contributed by atoms with van der Waals surface area (Å²) in [5, 5.41) is 2.76. The molecule has 0 unspecified atom stereocenters. The minimum absolute atomic E-state index is 0.221. The minimum atomic E-state index is -4.89. The number of likely N-dealkylation sites (N-methyl/N-ethyl adjacent to an activating group) is 1. The van der Waals surface area contributed by atoms with Crippen molar-refractivity contribution in [1.82, 2.24) is 9.62 Å². The summed E-state index contributed by atoms with van der Waals surface area (Å²) in [7, 11) is -2.64. The van der Waals surface area contributed by atoms with Gasteiger partial charge in [-0.05, 0) is 49.2 Å². The molecule has 2 aromatic carbocycles. The van der Waals surface area contributed by atoms with Crippen LogP contribution in [0.2, 0.25) is 0 Å². The van der Waals surface area contributed by atoms with Gasteiger partial charge < -0.3 is 15.0 Å². The number of nitrogens with zero attached hydrogens (tertiary/aromatic N) is 1. The van der Waals surface area contributed by atoms with Gasteiger partial charge >= 0.3 is 6.36 Å². The lowest BCUT2D eigenvalue weighted by atomic mass is 10.1. The van der Waals surface area contributed by atoms with Crippen molar-refractivity contribution in [2.24, 2.45) is 0 Å². The number of ether oxygens (including phenoxy) is 1. The number of carbonyl (C=O) groups is 2. The molecule has 0 aliphatic carbocycles. The van der Waals surface area contributed by atoms with E-state index in [1.807, 2.05) is 32.0 Å². The number of carbonyl (C=O) groups excluding carboxylic acids is 2. The van der Waals surface area contributed by atoms with Gasteiger partial charge in [-0.1, -0.05) is 18.2 Å². The van der Waals surface area contributed by atoms with Gasteiger partial charge in [-0.2, -0.15) is 0 Å². The van der Waals surface area contributed by atoms with Crippen molar-refractivity contribution < 1.29 is 35.9 Å². The number of nitrogens with one attached hydrogen (secondary N) is 2. The van der Waals surface area contributed by atoms with Gasteiger partial charge in [0, 0.05) is 25.7 Å². The molecule has 0 saturated heterocycles. The molecule has 0 aromatic heterocycles. The average molecular weight is 488 g/mol. The Kier molecular flexibility index (Phi) is 8.45. The fourth-order valence-corrected chi connectivity index (χ4v) is 3.91. The van der Waals surface area contributed by atoms with E-state index in [9.17, 15) is 31.2 Å². The van der Waals surface area contributed by atoms with Gasteiger partial charge in [-0.15, -0.1) is 13.2 Å². The first-order chi connectivity index (χ1) is 15.3. The number of para-hydroxylation sites is 1. The second-order valence-corrected chi connectivity index (χ2v) is 9.00. The number of alkyl halides is 3. The highest BCUT2D eigenvalue weighted by Crippen LogP contribution is 2.24. The molecule has 33 heavy (non-hydrogen) atoms. The average Bonchev–Trinajstić information content (AvgIpc) is 2.69. The largest absolute Gasteiger partial charge is 0.573 e. The molecule has 0 fully saturated rings. The Morgan fingerprint density at radius 2 is 1.61 bits per heavy atom. The van der Waals surface area contributed by atoms with Crippen molar-refractivity contribution in [3.8, 4) is 5.75 Å². The lowest BCUT2D eigenvalue weighted by Gasteiger charge is -2.18. The SMILES string of the molecule is Cc1cccc(C)c1NC(=O)CN(C)C(=O)CCNS(=O)(=O)c1ccc(OC(F)(F)F)cc1. The van der Waals surface area contributed by atoms with Crippen LogP contribution in [0.3, 0.4) is 0 Å². The monoisotopic (exact) mass is 487 g/mol. The van der Waals surface area contributed by atoms with Gasteiger partial charge in [-0.3, -0.25) is 9.59 Å². The summed E-state index contributed by atoms with van der Waals surface area (Å²) < 4.78 is 67.0. The maximum Gasteiger partial charge on any atom is 0.573 e. The Morgan fingerprint density at radius 3 is 2.15 bits per heavy atom. The number of amides is 2. The molecule has 2 rings (SSSR count). The summed E-state index contributed by atoms with van der Waals surface area (Å²) in [6, 6.07) is 9.21. The quantitative estimate of drug-likeness (QED) is 0.566. The predicted octanol–water partition coefficient (Wildman–Crippen LogP) is 2.97. The molecule has 2 N–H and O–H groups in total. The third kappa shape index (κ3) is 8.06. The second-order valence-electron chi connectivity index (χ2n) is 7.23. The van der Waals surface area contributed by atoms with Crippen LogP contribution in [-0.2, 0) is 19.6 Å². The third-order valence-electron chi connectivity index (χ3n) is 4.55. The van der Waals surface area contributed by atoms with Gasteiger partial charge in [0.25, 0.3) is 0 Å². The zero-order valence-electron chi connectivity index (χ0n) is 18.2. The number of rotatable bonds is 9. The van der Waals surface area contributed by atoms with Crippen molar-refractivity contribution in [2.75, 3.05) is 25.5 Å². The molecular formula is C21H24F3N3O5S. The van der Waals surface area contributed by atoms with Crippen LogP contribution in [0.15, 0.2) is 47.4 Å². The van der Waals surface area contributed by atoms with Crippen LogP contribution in [0.5, 0.6) is 5.75 Å². The molecule has 0 aliphatic rings. The molecule has 0 atom stereocenters. The van der Waals surface area contributed by atoms with Crippen LogP contribution < -0.4 is 14.8 Å². The minimum Gasteiger partial charge on any atom is -0.406 e. The number of aryl methyl sites for hydroxylation is 2. The first-order valence-electron chi connectivity index (χ1n) is 9.74. The van der Waals surface area contributed by atoms with Gasteiger partial charge in [0.2, 0.25) is 21.8 Å². The summed E-state index contributed by atoms with van der Waals surface area (Å²) in [5.74, 6) is -1.43. The molecule has 2 amide bonds. The first kappa shape index (κ1) is 26.1. The van der Waals surface area contributed by atoms with E-state index >= 15 is 0 Å². The summed E-state index contributed by atoms with van der Waals surface area (Å²) in [4.78, 5) is 25.4. The Bertz CT molecular complexity index is 1080. The molecule has 0 bridgehead atoms. The third-order valence-corrected chi connectivity index (χ3v) is 6.03. The number of anilines is 1. The van der Waals surface area contributed by atoms with Crippen molar-refractivity contribution in [1.29, 1.82) is 0 Å². The van der Waals surface area contributed by atoms with E-state index in [-0.39, 0.29) is 24.4 Å². The summed E-state index contributed by atoms with van der Waals surface area (Å²) in [6.45, 7) is 3.21. The summed E-state index contributed by atoms with van der Waals surface area (Å²) in [5.41, 5.74) is 2.43. The van der Waals surface area contributed by atoms with Gasteiger partial charge in [0.1, 0.15) is 5.75 Å². The molecule has 0 spiro atoms. The fraction of sp³-hybridized carbons (Fsp3) is 0.333. The van der Waals surface area contributed by atoms with Crippen LogP contribution in [-0.4, -0.2) is 51.6 Å². The molecule has 180 valence electrons. The number of hydrogen-bond acceptors (Lipinski definition) is 5.